The molecule has 1 aliphatic rings. The second-order valence-corrected chi connectivity index (χ2v) is 7.84. The lowest BCUT2D eigenvalue weighted by molar-refractivity contribution is -0.118. The van der Waals surface area contributed by atoms with Crippen LogP contribution < -0.4 is 10.2 Å². The molecular formula is C20H20F2N2O2S. The topological polar surface area (TPSA) is 49.4 Å². The molecule has 4 nitrogen and oxygen atoms in total. The second kappa shape index (κ2) is 8.52. The third-order valence-electron chi connectivity index (χ3n) is 4.34. The standard InChI is InChI=1S/C20H20F2N2O2S/c1-13-9-11-24(17-4-2-3-5-18(17)27-13)19(25)8-10-23-20(26)15-7-6-14(21)12-16(15)22/h2-7,12-13H,8-11H2,1H3,(H,23,26). The summed E-state index contributed by atoms with van der Waals surface area (Å²) in [7, 11) is 0. The molecule has 142 valence electrons. The van der Waals surface area contributed by atoms with Crippen LogP contribution in [-0.2, 0) is 4.79 Å². The molecule has 0 bridgehead atoms. The van der Waals surface area contributed by atoms with Crippen LogP contribution in [0, 0.1) is 11.6 Å². The highest BCUT2D eigenvalue weighted by atomic mass is 32.2. The molecule has 2 aromatic rings. The Morgan fingerprint density at radius 1 is 1.22 bits per heavy atom. The fraction of sp³-hybridized carbons (Fsp3) is 0.300. The summed E-state index contributed by atoms with van der Waals surface area (Å²) in [6.45, 7) is 2.83. The van der Waals surface area contributed by atoms with E-state index in [-0.39, 0.29) is 24.4 Å². The van der Waals surface area contributed by atoms with E-state index in [2.05, 4.69) is 12.2 Å². The number of hydrogen-bond acceptors (Lipinski definition) is 3. The molecular weight excluding hydrogens is 370 g/mol. The molecule has 27 heavy (non-hydrogen) atoms. The monoisotopic (exact) mass is 390 g/mol. The van der Waals surface area contributed by atoms with Gasteiger partial charge in [0.1, 0.15) is 11.6 Å². The predicted molar refractivity (Wildman–Crippen MR) is 102 cm³/mol. The molecule has 7 heteroatoms. The van der Waals surface area contributed by atoms with Gasteiger partial charge in [-0.25, -0.2) is 8.78 Å². The Morgan fingerprint density at radius 2 is 2.00 bits per heavy atom. The van der Waals surface area contributed by atoms with E-state index in [0.29, 0.717) is 17.9 Å². The molecule has 0 radical (unpaired) electrons. The molecule has 1 N–H and O–H groups in total. The molecule has 0 aliphatic carbocycles. The molecule has 3 rings (SSSR count). The largest absolute Gasteiger partial charge is 0.351 e. The molecule has 1 unspecified atom stereocenters. The van der Waals surface area contributed by atoms with Crippen molar-refractivity contribution in [1.29, 1.82) is 0 Å². The number of carbonyl (C=O) groups excluding carboxylic acids is 2. The first-order valence-corrected chi connectivity index (χ1v) is 9.63. The quantitative estimate of drug-likeness (QED) is 0.858. The minimum absolute atomic E-state index is 0.0792. The van der Waals surface area contributed by atoms with Crippen molar-refractivity contribution in [3.05, 3.63) is 59.7 Å². The van der Waals surface area contributed by atoms with Crippen LogP contribution in [0.2, 0.25) is 0 Å². The Bertz CT molecular complexity index is 860. The molecule has 0 saturated carbocycles. The molecule has 1 heterocycles. The van der Waals surface area contributed by atoms with Gasteiger partial charge in [-0.15, -0.1) is 11.8 Å². The predicted octanol–water partition coefficient (Wildman–Crippen LogP) is 4.00. The van der Waals surface area contributed by atoms with Gasteiger partial charge in [-0.3, -0.25) is 9.59 Å². The van der Waals surface area contributed by atoms with Gasteiger partial charge in [-0.1, -0.05) is 19.1 Å². The number of thioether (sulfide) groups is 1. The molecule has 1 atom stereocenters. The lowest BCUT2D eigenvalue weighted by atomic mass is 10.2. The number of rotatable bonds is 4. The number of nitrogens with one attached hydrogen (secondary N) is 1. The second-order valence-electron chi connectivity index (χ2n) is 6.36. The lowest BCUT2D eigenvalue weighted by Gasteiger charge is -2.22. The van der Waals surface area contributed by atoms with Crippen molar-refractivity contribution in [3.8, 4) is 0 Å². The summed E-state index contributed by atoms with van der Waals surface area (Å²) in [6, 6.07) is 10.5. The van der Waals surface area contributed by atoms with Gasteiger partial charge >= 0.3 is 0 Å². The van der Waals surface area contributed by atoms with E-state index in [1.54, 1.807) is 16.7 Å². The maximum absolute atomic E-state index is 13.6. The summed E-state index contributed by atoms with van der Waals surface area (Å²) in [5.41, 5.74) is 0.641. The summed E-state index contributed by atoms with van der Waals surface area (Å²) in [5.74, 6) is -2.43. The lowest BCUT2D eigenvalue weighted by Crippen LogP contribution is -2.35. The van der Waals surface area contributed by atoms with E-state index >= 15 is 0 Å². The molecule has 0 aromatic heterocycles. The highest BCUT2D eigenvalue weighted by Gasteiger charge is 2.24. The first-order valence-electron chi connectivity index (χ1n) is 8.75. The number of halogens is 2. The minimum atomic E-state index is -0.925. The Labute approximate surface area is 160 Å². The third kappa shape index (κ3) is 4.66. The van der Waals surface area contributed by atoms with Gasteiger partial charge in [0.05, 0.1) is 11.3 Å². The van der Waals surface area contributed by atoms with Gasteiger partial charge in [0.2, 0.25) is 5.91 Å². The molecule has 2 aromatic carbocycles. The van der Waals surface area contributed by atoms with Gasteiger partial charge in [-0.05, 0) is 30.7 Å². The number of anilines is 1. The van der Waals surface area contributed by atoms with Crippen LogP contribution >= 0.6 is 11.8 Å². The fourth-order valence-electron chi connectivity index (χ4n) is 2.93. The molecule has 0 spiro atoms. The maximum Gasteiger partial charge on any atom is 0.254 e. The van der Waals surface area contributed by atoms with Crippen molar-refractivity contribution < 1.29 is 18.4 Å². The fourth-order valence-corrected chi connectivity index (χ4v) is 4.05. The van der Waals surface area contributed by atoms with E-state index in [0.717, 1.165) is 29.1 Å². The summed E-state index contributed by atoms with van der Waals surface area (Å²) < 4.78 is 26.6. The van der Waals surface area contributed by atoms with Crippen molar-refractivity contribution in [1.82, 2.24) is 5.32 Å². The maximum atomic E-state index is 13.6. The molecule has 2 amide bonds. The van der Waals surface area contributed by atoms with Crippen molar-refractivity contribution >= 4 is 29.3 Å². The van der Waals surface area contributed by atoms with E-state index < -0.39 is 17.5 Å². The summed E-state index contributed by atoms with van der Waals surface area (Å²) in [6.07, 6.45) is 0.972. The Hall–Kier alpha value is -2.41. The first-order chi connectivity index (χ1) is 13.0. The third-order valence-corrected chi connectivity index (χ3v) is 5.58. The van der Waals surface area contributed by atoms with Gasteiger partial charge in [0, 0.05) is 35.7 Å². The van der Waals surface area contributed by atoms with Crippen LogP contribution in [0.25, 0.3) is 0 Å². The first kappa shape index (κ1) is 19.4. The molecule has 1 aliphatic heterocycles. The van der Waals surface area contributed by atoms with Crippen molar-refractivity contribution in [2.24, 2.45) is 0 Å². The number of para-hydroxylation sites is 1. The van der Waals surface area contributed by atoms with Gasteiger partial charge in [0.15, 0.2) is 0 Å². The number of benzene rings is 2. The van der Waals surface area contributed by atoms with Gasteiger partial charge in [0.25, 0.3) is 5.91 Å². The van der Waals surface area contributed by atoms with Crippen molar-refractivity contribution in [2.75, 3.05) is 18.0 Å². The summed E-state index contributed by atoms with van der Waals surface area (Å²) >= 11 is 1.75. The number of carbonyl (C=O) groups is 2. The smallest absolute Gasteiger partial charge is 0.254 e. The van der Waals surface area contributed by atoms with Crippen LogP contribution in [0.1, 0.15) is 30.1 Å². The van der Waals surface area contributed by atoms with Crippen LogP contribution in [0.15, 0.2) is 47.4 Å². The number of nitrogens with zero attached hydrogens (tertiary/aromatic N) is 1. The Morgan fingerprint density at radius 3 is 2.78 bits per heavy atom. The van der Waals surface area contributed by atoms with Crippen LogP contribution in [0.3, 0.4) is 0 Å². The zero-order chi connectivity index (χ0) is 19.4. The SMILES string of the molecule is CC1CCN(C(=O)CCNC(=O)c2ccc(F)cc2F)c2ccccc2S1. The number of amides is 2. The highest BCUT2D eigenvalue weighted by molar-refractivity contribution is 8.00. The average molecular weight is 390 g/mol. The van der Waals surface area contributed by atoms with E-state index in [1.165, 1.54) is 0 Å². The molecule has 0 fully saturated rings. The number of hydrogen-bond donors (Lipinski definition) is 1. The number of fused-ring (bicyclic) bond motifs is 1. The van der Waals surface area contributed by atoms with Gasteiger partial charge < -0.3 is 10.2 Å². The van der Waals surface area contributed by atoms with Crippen molar-refractivity contribution in [3.63, 3.8) is 0 Å². The van der Waals surface area contributed by atoms with Crippen LogP contribution in [0.5, 0.6) is 0 Å². The molecule has 0 saturated heterocycles. The average Bonchev–Trinajstić information content (AvgIpc) is 2.79. The highest BCUT2D eigenvalue weighted by Crippen LogP contribution is 2.37. The normalized spacial score (nSPS) is 16.4. The minimum Gasteiger partial charge on any atom is -0.351 e. The zero-order valence-electron chi connectivity index (χ0n) is 14.9. The Balaban J connectivity index is 1.62. The Kier molecular flexibility index (Phi) is 6.11. The van der Waals surface area contributed by atoms with Gasteiger partial charge in [-0.2, -0.15) is 0 Å². The summed E-state index contributed by atoms with van der Waals surface area (Å²) in [4.78, 5) is 27.5. The van der Waals surface area contributed by atoms with E-state index in [1.807, 2.05) is 24.3 Å². The van der Waals surface area contributed by atoms with Crippen LogP contribution in [-0.4, -0.2) is 30.2 Å². The van der Waals surface area contributed by atoms with E-state index in [9.17, 15) is 18.4 Å². The van der Waals surface area contributed by atoms with E-state index in [4.69, 9.17) is 0 Å². The van der Waals surface area contributed by atoms with Crippen molar-refractivity contribution in [2.45, 2.75) is 29.9 Å². The van der Waals surface area contributed by atoms with Crippen LogP contribution in [0.4, 0.5) is 14.5 Å². The zero-order valence-corrected chi connectivity index (χ0v) is 15.7. The summed E-state index contributed by atoms with van der Waals surface area (Å²) in [5, 5.41) is 2.93.